The first-order chi connectivity index (χ1) is 8.58. The summed E-state index contributed by atoms with van der Waals surface area (Å²) in [6.07, 6.45) is 5.08. The van der Waals surface area contributed by atoms with E-state index in [4.69, 9.17) is 5.73 Å². The van der Waals surface area contributed by atoms with Gasteiger partial charge in [-0.1, -0.05) is 0 Å². The summed E-state index contributed by atoms with van der Waals surface area (Å²) < 4.78 is 1.88. The van der Waals surface area contributed by atoms with Gasteiger partial charge in [0.1, 0.15) is 11.6 Å². The van der Waals surface area contributed by atoms with Crippen LogP contribution in [0, 0.1) is 0 Å². The Morgan fingerprint density at radius 2 is 2.22 bits per heavy atom. The first-order valence-electron chi connectivity index (χ1n) is 5.51. The molecule has 2 heterocycles. The van der Waals surface area contributed by atoms with Crippen LogP contribution in [-0.2, 0) is 13.6 Å². The summed E-state index contributed by atoms with van der Waals surface area (Å²) in [7, 11) is 3.62. The summed E-state index contributed by atoms with van der Waals surface area (Å²) >= 11 is 0. The number of aryl methyl sites for hydroxylation is 1. The molecule has 0 spiro atoms. The lowest BCUT2D eigenvalue weighted by molar-refractivity contribution is 0.0780. The number of carbonyl (C=O) groups is 1. The standard InChI is InChI=1S/C12H15N5O/c1-16-6-5-15-11(16)8-17(2)12(18)9-3-4-14-10(13)7-9/h3-7H,8H2,1-2H3,(H2,13,14). The van der Waals surface area contributed by atoms with Crippen LogP contribution in [0.15, 0.2) is 30.7 Å². The molecular formula is C12H15N5O. The molecule has 0 saturated carbocycles. The Morgan fingerprint density at radius 3 is 2.83 bits per heavy atom. The van der Waals surface area contributed by atoms with Crippen LogP contribution < -0.4 is 5.73 Å². The Morgan fingerprint density at radius 1 is 1.44 bits per heavy atom. The van der Waals surface area contributed by atoms with Crippen LogP contribution in [0.1, 0.15) is 16.2 Å². The van der Waals surface area contributed by atoms with Gasteiger partial charge in [-0.05, 0) is 12.1 Å². The van der Waals surface area contributed by atoms with Crippen LogP contribution in [-0.4, -0.2) is 32.4 Å². The van der Waals surface area contributed by atoms with Crippen molar-refractivity contribution in [2.45, 2.75) is 6.54 Å². The van der Waals surface area contributed by atoms with E-state index in [1.165, 1.54) is 6.20 Å². The zero-order chi connectivity index (χ0) is 13.1. The molecule has 0 fully saturated rings. The topological polar surface area (TPSA) is 77.0 Å². The number of pyridine rings is 1. The highest BCUT2D eigenvalue weighted by molar-refractivity contribution is 5.94. The molecule has 0 aliphatic rings. The van der Waals surface area contributed by atoms with E-state index in [0.29, 0.717) is 17.9 Å². The van der Waals surface area contributed by atoms with Crippen molar-refractivity contribution >= 4 is 11.7 Å². The minimum atomic E-state index is -0.105. The second kappa shape index (κ2) is 4.87. The van der Waals surface area contributed by atoms with E-state index in [1.807, 2.05) is 17.8 Å². The number of hydrogen-bond donors (Lipinski definition) is 1. The number of nitrogen functional groups attached to an aromatic ring is 1. The molecule has 2 aromatic rings. The molecule has 0 radical (unpaired) electrons. The fraction of sp³-hybridized carbons (Fsp3) is 0.250. The number of rotatable bonds is 3. The lowest BCUT2D eigenvalue weighted by Gasteiger charge is -2.16. The van der Waals surface area contributed by atoms with E-state index in [0.717, 1.165) is 5.82 Å². The fourth-order valence-electron chi connectivity index (χ4n) is 1.63. The normalized spacial score (nSPS) is 10.3. The predicted octanol–water partition coefficient (Wildman–Crippen LogP) is 0.670. The van der Waals surface area contributed by atoms with Gasteiger partial charge in [0.2, 0.25) is 0 Å². The van der Waals surface area contributed by atoms with Crippen molar-refractivity contribution in [1.82, 2.24) is 19.4 Å². The molecule has 2 N–H and O–H groups in total. The van der Waals surface area contributed by atoms with Gasteiger partial charge >= 0.3 is 0 Å². The van der Waals surface area contributed by atoms with E-state index in [-0.39, 0.29) is 5.91 Å². The number of amides is 1. The van der Waals surface area contributed by atoms with Crippen molar-refractivity contribution in [2.75, 3.05) is 12.8 Å². The molecule has 2 aromatic heterocycles. The predicted molar refractivity (Wildman–Crippen MR) is 67.7 cm³/mol. The van der Waals surface area contributed by atoms with Crippen LogP contribution >= 0.6 is 0 Å². The first-order valence-corrected chi connectivity index (χ1v) is 5.51. The van der Waals surface area contributed by atoms with Crippen LogP contribution in [0.2, 0.25) is 0 Å². The van der Waals surface area contributed by atoms with E-state index < -0.39 is 0 Å². The number of nitrogens with two attached hydrogens (primary N) is 1. The Balaban J connectivity index is 2.12. The average Bonchev–Trinajstić information content (AvgIpc) is 2.74. The maximum atomic E-state index is 12.1. The molecule has 0 aliphatic heterocycles. The summed E-state index contributed by atoms with van der Waals surface area (Å²) in [4.78, 5) is 21.8. The van der Waals surface area contributed by atoms with Gasteiger partial charge in [-0.15, -0.1) is 0 Å². The molecule has 1 amide bonds. The molecule has 6 nitrogen and oxygen atoms in total. The zero-order valence-electron chi connectivity index (χ0n) is 10.4. The highest BCUT2D eigenvalue weighted by atomic mass is 16.2. The second-order valence-corrected chi connectivity index (χ2v) is 4.08. The number of anilines is 1. The van der Waals surface area contributed by atoms with Crippen LogP contribution in [0.4, 0.5) is 5.82 Å². The van der Waals surface area contributed by atoms with E-state index in [9.17, 15) is 4.79 Å². The molecule has 0 saturated heterocycles. The third-order valence-corrected chi connectivity index (χ3v) is 2.67. The van der Waals surface area contributed by atoms with Crippen molar-refractivity contribution in [3.63, 3.8) is 0 Å². The lowest BCUT2D eigenvalue weighted by atomic mass is 10.2. The van der Waals surface area contributed by atoms with Gasteiger partial charge in [-0.25, -0.2) is 9.97 Å². The molecule has 0 atom stereocenters. The van der Waals surface area contributed by atoms with Crippen molar-refractivity contribution in [3.8, 4) is 0 Å². The quantitative estimate of drug-likeness (QED) is 0.862. The summed E-state index contributed by atoms with van der Waals surface area (Å²) in [5.41, 5.74) is 6.09. The molecule has 0 aromatic carbocycles. The molecule has 94 valence electrons. The first kappa shape index (κ1) is 12.1. The third-order valence-electron chi connectivity index (χ3n) is 2.67. The highest BCUT2D eigenvalue weighted by Crippen LogP contribution is 2.08. The highest BCUT2D eigenvalue weighted by Gasteiger charge is 2.14. The number of aromatic nitrogens is 3. The monoisotopic (exact) mass is 245 g/mol. The molecule has 2 rings (SSSR count). The SMILES string of the molecule is CN(Cc1nccn1C)C(=O)c1ccnc(N)c1. The lowest BCUT2D eigenvalue weighted by Crippen LogP contribution is -2.27. The number of imidazole rings is 1. The molecule has 6 heteroatoms. The van der Waals surface area contributed by atoms with Crippen molar-refractivity contribution < 1.29 is 4.79 Å². The van der Waals surface area contributed by atoms with Gasteiger partial charge in [0.05, 0.1) is 6.54 Å². The van der Waals surface area contributed by atoms with Crippen molar-refractivity contribution in [1.29, 1.82) is 0 Å². The Kier molecular flexibility index (Phi) is 3.27. The summed E-state index contributed by atoms with van der Waals surface area (Å²) in [6, 6.07) is 3.21. The zero-order valence-corrected chi connectivity index (χ0v) is 10.4. The van der Waals surface area contributed by atoms with E-state index in [1.54, 1.807) is 30.3 Å². The largest absolute Gasteiger partial charge is 0.384 e. The Hall–Kier alpha value is -2.37. The average molecular weight is 245 g/mol. The van der Waals surface area contributed by atoms with Gasteiger partial charge in [-0.2, -0.15) is 0 Å². The maximum Gasteiger partial charge on any atom is 0.254 e. The summed E-state index contributed by atoms with van der Waals surface area (Å²) in [5, 5.41) is 0. The van der Waals surface area contributed by atoms with Crippen LogP contribution in [0.25, 0.3) is 0 Å². The number of hydrogen-bond acceptors (Lipinski definition) is 4. The smallest absolute Gasteiger partial charge is 0.254 e. The van der Waals surface area contributed by atoms with Crippen molar-refractivity contribution in [3.05, 3.63) is 42.1 Å². The van der Waals surface area contributed by atoms with Crippen LogP contribution in [0.5, 0.6) is 0 Å². The van der Waals surface area contributed by atoms with Gasteiger partial charge in [0.25, 0.3) is 5.91 Å². The molecule has 0 aliphatic carbocycles. The van der Waals surface area contributed by atoms with Crippen LogP contribution in [0.3, 0.4) is 0 Å². The maximum absolute atomic E-state index is 12.1. The van der Waals surface area contributed by atoms with Gasteiger partial charge < -0.3 is 15.2 Å². The molecule has 18 heavy (non-hydrogen) atoms. The van der Waals surface area contributed by atoms with E-state index in [2.05, 4.69) is 9.97 Å². The van der Waals surface area contributed by atoms with Gasteiger partial charge in [0, 0.05) is 38.2 Å². The van der Waals surface area contributed by atoms with Crippen molar-refractivity contribution in [2.24, 2.45) is 7.05 Å². The minimum absolute atomic E-state index is 0.105. The summed E-state index contributed by atoms with van der Waals surface area (Å²) in [5.74, 6) is 1.06. The third kappa shape index (κ3) is 2.48. The molecule has 0 bridgehead atoms. The Bertz CT molecular complexity index is 563. The number of carbonyl (C=O) groups excluding carboxylic acids is 1. The Labute approximate surface area is 105 Å². The fourth-order valence-corrected chi connectivity index (χ4v) is 1.63. The van der Waals surface area contributed by atoms with Gasteiger partial charge in [-0.3, -0.25) is 4.79 Å². The molecule has 0 unspecified atom stereocenters. The summed E-state index contributed by atoms with van der Waals surface area (Å²) in [6.45, 7) is 0.449. The second-order valence-electron chi connectivity index (χ2n) is 4.08. The van der Waals surface area contributed by atoms with Gasteiger partial charge in [0.15, 0.2) is 0 Å². The minimum Gasteiger partial charge on any atom is -0.384 e. The number of nitrogens with zero attached hydrogens (tertiary/aromatic N) is 4. The molecular weight excluding hydrogens is 230 g/mol. The van der Waals surface area contributed by atoms with E-state index >= 15 is 0 Å².